The van der Waals surface area contributed by atoms with Crippen LogP contribution in [0.3, 0.4) is 0 Å². The summed E-state index contributed by atoms with van der Waals surface area (Å²) in [6.07, 6.45) is 0. The fourth-order valence-electron chi connectivity index (χ4n) is 2.06. The molecule has 0 aliphatic carbocycles. The Hall–Kier alpha value is -2.17. The smallest absolute Gasteiger partial charge is 0.388 e. The third kappa shape index (κ3) is 2.36. The van der Waals surface area contributed by atoms with E-state index in [4.69, 9.17) is 4.42 Å². The van der Waals surface area contributed by atoms with Gasteiger partial charge in [0, 0.05) is 11.5 Å². The van der Waals surface area contributed by atoms with E-state index in [1.54, 1.807) is 6.07 Å². The van der Waals surface area contributed by atoms with Crippen molar-refractivity contribution in [1.29, 1.82) is 0 Å². The van der Waals surface area contributed by atoms with E-state index in [-0.39, 0.29) is 17.6 Å². The molecule has 1 atom stereocenters. The van der Waals surface area contributed by atoms with Crippen LogP contribution in [-0.2, 0) is 0 Å². The van der Waals surface area contributed by atoms with E-state index in [1.807, 2.05) is 20.8 Å². The van der Waals surface area contributed by atoms with Crippen LogP contribution >= 0.6 is 0 Å². The molecule has 100 valence electrons. The number of hydrogen-bond donors (Lipinski definition) is 1. The summed E-state index contributed by atoms with van der Waals surface area (Å²) in [5, 5.41) is 5.89. The molecule has 0 radical (unpaired) electrons. The number of allylic oxidation sites excluding steroid dienone is 1. The van der Waals surface area contributed by atoms with Gasteiger partial charge in [-0.3, -0.25) is 0 Å². The Morgan fingerprint density at radius 1 is 1.47 bits per heavy atom. The predicted molar refractivity (Wildman–Crippen MR) is 70.4 cm³/mol. The first-order valence-electron chi connectivity index (χ1n) is 5.92. The highest BCUT2D eigenvalue weighted by Gasteiger charge is 2.21. The molecule has 0 saturated heterocycles. The second-order valence-corrected chi connectivity index (χ2v) is 4.57. The second kappa shape index (κ2) is 4.84. The van der Waals surface area contributed by atoms with Gasteiger partial charge in [-0.1, -0.05) is 19.6 Å². The van der Waals surface area contributed by atoms with Crippen LogP contribution in [0.15, 0.2) is 27.9 Å². The third-order valence-electron chi connectivity index (χ3n) is 3.40. The Kier molecular flexibility index (Phi) is 3.38. The summed E-state index contributed by atoms with van der Waals surface area (Å²) < 4.78 is 18.9. The fraction of sp³-hybridized carbons (Fsp3) is 0.286. The highest BCUT2D eigenvalue weighted by Crippen LogP contribution is 2.33. The molecule has 0 saturated carbocycles. The van der Waals surface area contributed by atoms with E-state index in [0.717, 1.165) is 11.1 Å². The topological polar surface area (TPSA) is 58.9 Å². The molecular weight excluding hydrogens is 247 g/mol. The number of aromatic amines is 1. The lowest BCUT2D eigenvalue weighted by Gasteiger charge is -2.17. The van der Waals surface area contributed by atoms with Gasteiger partial charge in [0.25, 0.3) is 0 Å². The number of aromatic nitrogens is 2. The minimum Gasteiger partial charge on any atom is -0.388 e. The highest BCUT2D eigenvalue weighted by molar-refractivity contribution is 5.64. The molecule has 0 spiro atoms. The molecule has 4 nitrogen and oxygen atoms in total. The quantitative estimate of drug-likeness (QED) is 0.925. The number of nitrogens with one attached hydrogen (secondary N) is 1. The van der Waals surface area contributed by atoms with Gasteiger partial charge < -0.3 is 4.42 Å². The zero-order chi connectivity index (χ0) is 14.2. The molecule has 2 aromatic rings. The van der Waals surface area contributed by atoms with Gasteiger partial charge in [0.1, 0.15) is 5.82 Å². The Bertz CT molecular complexity index is 685. The fourth-order valence-corrected chi connectivity index (χ4v) is 2.06. The van der Waals surface area contributed by atoms with Crippen molar-refractivity contribution in [3.8, 4) is 0 Å². The normalized spacial score (nSPS) is 12.4. The number of aryl methyl sites for hydroxylation is 1. The number of halogens is 1. The lowest BCUT2D eigenvalue weighted by Crippen LogP contribution is -2.04. The summed E-state index contributed by atoms with van der Waals surface area (Å²) in [6, 6.07) is 3.17. The maximum Gasteiger partial charge on any atom is 0.434 e. The Morgan fingerprint density at radius 3 is 2.74 bits per heavy atom. The van der Waals surface area contributed by atoms with Gasteiger partial charge in [-0.25, -0.2) is 14.3 Å². The van der Waals surface area contributed by atoms with E-state index < -0.39 is 5.76 Å². The summed E-state index contributed by atoms with van der Waals surface area (Å²) in [6.45, 7) is 9.43. The molecule has 0 fully saturated rings. The van der Waals surface area contributed by atoms with E-state index in [0.29, 0.717) is 11.1 Å². The zero-order valence-electron chi connectivity index (χ0n) is 11.1. The standard InChI is InChI=1S/C14H15FN2O2/c1-7-5-6-11(15)12(8(7)2)9(3)10(4)13-16-17-14(18)19-13/h5-6,9H,4H2,1-3H3,(H,17,18). The molecule has 2 rings (SSSR count). The van der Waals surface area contributed by atoms with Crippen molar-refractivity contribution in [2.45, 2.75) is 26.7 Å². The van der Waals surface area contributed by atoms with E-state index >= 15 is 0 Å². The summed E-state index contributed by atoms with van der Waals surface area (Å²) in [4.78, 5) is 10.9. The van der Waals surface area contributed by atoms with Crippen LogP contribution in [0, 0.1) is 19.7 Å². The molecule has 0 aliphatic heterocycles. The van der Waals surface area contributed by atoms with Crippen LogP contribution in [0.25, 0.3) is 5.57 Å². The van der Waals surface area contributed by atoms with Crippen molar-refractivity contribution in [3.05, 3.63) is 57.7 Å². The first-order valence-corrected chi connectivity index (χ1v) is 5.92. The minimum atomic E-state index is -0.648. The van der Waals surface area contributed by atoms with Crippen molar-refractivity contribution >= 4 is 5.57 Å². The largest absolute Gasteiger partial charge is 0.434 e. The number of benzene rings is 1. The SMILES string of the molecule is C=C(c1n[nH]c(=O)o1)C(C)c1c(F)ccc(C)c1C. The molecule has 1 aromatic carbocycles. The van der Waals surface area contributed by atoms with Gasteiger partial charge >= 0.3 is 5.76 Å². The van der Waals surface area contributed by atoms with Crippen LogP contribution in [0.1, 0.15) is 35.4 Å². The van der Waals surface area contributed by atoms with Crippen molar-refractivity contribution < 1.29 is 8.81 Å². The van der Waals surface area contributed by atoms with Gasteiger partial charge in [-0.15, -0.1) is 5.10 Å². The summed E-state index contributed by atoms with van der Waals surface area (Å²) in [5.41, 5.74) is 2.88. The Labute approximate surface area is 110 Å². The average molecular weight is 262 g/mol. The molecule has 1 aromatic heterocycles. The van der Waals surface area contributed by atoms with E-state index in [2.05, 4.69) is 16.8 Å². The molecule has 19 heavy (non-hydrogen) atoms. The van der Waals surface area contributed by atoms with E-state index in [9.17, 15) is 9.18 Å². The first-order chi connectivity index (χ1) is 8.91. The van der Waals surface area contributed by atoms with Gasteiger partial charge in [0.15, 0.2) is 0 Å². The highest BCUT2D eigenvalue weighted by atomic mass is 19.1. The van der Waals surface area contributed by atoms with Gasteiger partial charge in [-0.2, -0.15) is 0 Å². The molecule has 0 bridgehead atoms. The molecule has 0 amide bonds. The van der Waals surface area contributed by atoms with Crippen molar-refractivity contribution in [2.24, 2.45) is 0 Å². The van der Waals surface area contributed by atoms with Crippen molar-refractivity contribution in [2.75, 3.05) is 0 Å². The Morgan fingerprint density at radius 2 is 2.16 bits per heavy atom. The zero-order valence-corrected chi connectivity index (χ0v) is 11.1. The lowest BCUT2D eigenvalue weighted by atomic mass is 9.88. The van der Waals surface area contributed by atoms with Crippen molar-refractivity contribution in [1.82, 2.24) is 10.2 Å². The van der Waals surface area contributed by atoms with Gasteiger partial charge in [-0.05, 0) is 36.6 Å². The first kappa shape index (κ1) is 13.3. The molecular formula is C14H15FN2O2. The molecule has 0 aliphatic rings. The summed E-state index contributed by atoms with van der Waals surface area (Å²) in [5.74, 6) is -1.16. The Balaban J connectivity index is 2.45. The maximum atomic E-state index is 14.0. The summed E-state index contributed by atoms with van der Waals surface area (Å²) in [7, 11) is 0. The van der Waals surface area contributed by atoms with Crippen LogP contribution in [0.5, 0.6) is 0 Å². The van der Waals surface area contributed by atoms with Gasteiger partial charge in [0.05, 0.1) is 0 Å². The molecule has 1 heterocycles. The van der Waals surface area contributed by atoms with Crippen LogP contribution in [0.4, 0.5) is 4.39 Å². The molecule has 1 unspecified atom stereocenters. The maximum absolute atomic E-state index is 14.0. The second-order valence-electron chi connectivity index (χ2n) is 4.57. The van der Waals surface area contributed by atoms with E-state index in [1.165, 1.54) is 6.07 Å². The number of H-pyrrole nitrogens is 1. The third-order valence-corrected chi connectivity index (χ3v) is 3.40. The van der Waals surface area contributed by atoms with Gasteiger partial charge in [0.2, 0.25) is 5.89 Å². The van der Waals surface area contributed by atoms with Crippen LogP contribution in [0.2, 0.25) is 0 Å². The lowest BCUT2D eigenvalue weighted by molar-refractivity contribution is 0.496. The minimum absolute atomic E-state index is 0.109. The number of hydrogen-bond acceptors (Lipinski definition) is 3. The average Bonchev–Trinajstić information content (AvgIpc) is 2.80. The number of nitrogens with zero attached hydrogens (tertiary/aromatic N) is 1. The van der Waals surface area contributed by atoms with Crippen LogP contribution < -0.4 is 5.76 Å². The van der Waals surface area contributed by atoms with Crippen LogP contribution in [-0.4, -0.2) is 10.2 Å². The monoisotopic (exact) mass is 262 g/mol. The summed E-state index contributed by atoms with van der Waals surface area (Å²) >= 11 is 0. The van der Waals surface area contributed by atoms with Crippen molar-refractivity contribution in [3.63, 3.8) is 0 Å². The molecule has 5 heteroatoms. The predicted octanol–water partition coefficient (Wildman–Crippen LogP) is 2.94. The molecule has 1 N–H and O–H groups in total. The number of rotatable bonds is 3.